The summed E-state index contributed by atoms with van der Waals surface area (Å²) in [5.74, 6) is 1.27. The van der Waals surface area contributed by atoms with Crippen LogP contribution in [0.25, 0.3) is 33.8 Å². The van der Waals surface area contributed by atoms with Crippen molar-refractivity contribution in [3.63, 3.8) is 0 Å². The van der Waals surface area contributed by atoms with Gasteiger partial charge in [0.2, 0.25) is 0 Å². The van der Waals surface area contributed by atoms with Crippen LogP contribution in [0.15, 0.2) is 41.4 Å². The summed E-state index contributed by atoms with van der Waals surface area (Å²) in [7, 11) is 3.57. The Morgan fingerprint density at radius 3 is 2.60 bits per heavy atom. The van der Waals surface area contributed by atoms with Gasteiger partial charge >= 0.3 is 6.18 Å². The van der Waals surface area contributed by atoms with E-state index in [-0.39, 0.29) is 5.52 Å². The molecule has 0 saturated heterocycles. The highest BCUT2D eigenvalue weighted by Gasteiger charge is 2.33. The topological polar surface area (TPSA) is 48.5 Å². The SMILES string of the molecule is CCSc1c(-c2nc3cc(C(F)(F)F)ncc3n2C)nn(C)c1-c1cccc(Cl)c1. The van der Waals surface area contributed by atoms with E-state index >= 15 is 0 Å². The fourth-order valence-corrected chi connectivity index (χ4v) is 4.48. The summed E-state index contributed by atoms with van der Waals surface area (Å²) in [6, 6.07) is 8.43. The van der Waals surface area contributed by atoms with Crippen LogP contribution in [-0.4, -0.2) is 30.1 Å². The molecule has 0 amide bonds. The number of rotatable bonds is 4. The van der Waals surface area contributed by atoms with Crippen molar-refractivity contribution in [3.8, 4) is 22.8 Å². The fraction of sp³-hybridized carbons (Fsp3) is 0.250. The van der Waals surface area contributed by atoms with Gasteiger partial charge in [-0.15, -0.1) is 11.8 Å². The number of benzene rings is 1. The van der Waals surface area contributed by atoms with Crippen molar-refractivity contribution >= 4 is 34.4 Å². The minimum atomic E-state index is -4.53. The third-order valence-electron chi connectivity index (χ3n) is 4.66. The van der Waals surface area contributed by atoms with E-state index in [1.54, 1.807) is 34.1 Å². The van der Waals surface area contributed by atoms with E-state index in [1.807, 2.05) is 32.2 Å². The number of aryl methyl sites for hydroxylation is 2. The first-order chi connectivity index (χ1) is 14.2. The first-order valence-electron chi connectivity index (χ1n) is 9.06. The average molecular weight is 452 g/mol. The van der Waals surface area contributed by atoms with Gasteiger partial charge in [0.15, 0.2) is 5.82 Å². The third kappa shape index (κ3) is 3.56. The summed E-state index contributed by atoms with van der Waals surface area (Å²) in [5, 5.41) is 5.27. The van der Waals surface area contributed by atoms with E-state index in [0.717, 1.165) is 28.0 Å². The van der Waals surface area contributed by atoms with Gasteiger partial charge in [-0.25, -0.2) is 9.97 Å². The highest BCUT2D eigenvalue weighted by Crippen LogP contribution is 2.40. The quantitative estimate of drug-likeness (QED) is 0.367. The largest absolute Gasteiger partial charge is 0.433 e. The van der Waals surface area contributed by atoms with E-state index < -0.39 is 11.9 Å². The molecule has 10 heteroatoms. The Morgan fingerprint density at radius 1 is 1.17 bits per heavy atom. The Balaban J connectivity index is 1.93. The number of pyridine rings is 1. The second kappa shape index (κ2) is 7.63. The van der Waals surface area contributed by atoms with Gasteiger partial charge in [-0.05, 0) is 24.0 Å². The lowest BCUT2D eigenvalue weighted by atomic mass is 10.1. The second-order valence-electron chi connectivity index (χ2n) is 6.64. The first-order valence-corrected chi connectivity index (χ1v) is 10.4. The molecule has 30 heavy (non-hydrogen) atoms. The van der Waals surface area contributed by atoms with Gasteiger partial charge in [-0.1, -0.05) is 30.7 Å². The van der Waals surface area contributed by atoms with Crippen LogP contribution in [-0.2, 0) is 20.3 Å². The van der Waals surface area contributed by atoms with Crippen molar-refractivity contribution in [1.29, 1.82) is 0 Å². The standard InChI is InChI=1S/C20H17ClF3N5S/c1-4-30-18-16(27-29(3)17(18)11-6-5-7-12(21)8-11)19-26-13-9-15(20(22,23)24)25-10-14(13)28(19)2/h5-10H,4H2,1-3H3. The summed E-state index contributed by atoms with van der Waals surface area (Å²) in [6.45, 7) is 2.03. The molecule has 4 aromatic rings. The molecule has 0 aliphatic carbocycles. The highest BCUT2D eigenvalue weighted by atomic mass is 35.5. The molecule has 0 fully saturated rings. The molecule has 0 aliphatic rings. The highest BCUT2D eigenvalue weighted by molar-refractivity contribution is 7.99. The summed E-state index contributed by atoms with van der Waals surface area (Å²) in [4.78, 5) is 8.92. The molecule has 0 bridgehead atoms. The van der Waals surface area contributed by atoms with Crippen molar-refractivity contribution < 1.29 is 13.2 Å². The zero-order valence-corrected chi connectivity index (χ0v) is 17.9. The lowest BCUT2D eigenvalue weighted by Crippen LogP contribution is -2.07. The molecular formula is C20H17ClF3N5S. The van der Waals surface area contributed by atoms with E-state index in [2.05, 4.69) is 15.1 Å². The summed E-state index contributed by atoms with van der Waals surface area (Å²) >= 11 is 7.77. The van der Waals surface area contributed by atoms with Gasteiger partial charge in [-0.2, -0.15) is 18.3 Å². The second-order valence-corrected chi connectivity index (χ2v) is 8.35. The number of aromatic nitrogens is 5. The Labute approximate surface area is 179 Å². The van der Waals surface area contributed by atoms with Crippen molar-refractivity contribution in [1.82, 2.24) is 24.3 Å². The van der Waals surface area contributed by atoms with Gasteiger partial charge in [0, 0.05) is 24.7 Å². The Morgan fingerprint density at radius 2 is 1.93 bits per heavy atom. The van der Waals surface area contributed by atoms with Gasteiger partial charge in [0.05, 0.1) is 27.8 Å². The van der Waals surface area contributed by atoms with Crippen LogP contribution in [0.5, 0.6) is 0 Å². The van der Waals surface area contributed by atoms with Crippen LogP contribution in [0.4, 0.5) is 13.2 Å². The predicted octanol–water partition coefficient (Wildman–Crippen LogP) is 5.82. The van der Waals surface area contributed by atoms with Crippen molar-refractivity contribution in [2.75, 3.05) is 5.75 Å². The number of nitrogens with zero attached hydrogens (tertiary/aromatic N) is 5. The molecule has 0 unspecified atom stereocenters. The number of thioether (sulfide) groups is 1. The van der Waals surface area contributed by atoms with Crippen molar-refractivity contribution in [3.05, 3.63) is 47.2 Å². The molecule has 1 aromatic carbocycles. The lowest BCUT2D eigenvalue weighted by Gasteiger charge is -2.07. The van der Waals surface area contributed by atoms with E-state index in [0.29, 0.717) is 22.1 Å². The van der Waals surface area contributed by atoms with Crippen molar-refractivity contribution in [2.45, 2.75) is 18.0 Å². The van der Waals surface area contributed by atoms with Crippen LogP contribution in [0.2, 0.25) is 5.02 Å². The minimum absolute atomic E-state index is 0.220. The maximum Gasteiger partial charge on any atom is 0.433 e. The molecule has 0 aliphatic heterocycles. The molecule has 0 N–H and O–H groups in total. The molecular weight excluding hydrogens is 435 g/mol. The minimum Gasteiger partial charge on any atom is -0.324 e. The Hall–Kier alpha value is -2.52. The van der Waals surface area contributed by atoms with Gasteiger partial charge in [0.25, 0.3) is 0 Å². The molecule has 156 valence electrons. The normalized spacial score (nSPS) is 12.1. The smallest absolute Gasteiger partial charge is 0.324 e. The molecule has 0 atom stereocenters. The monoisotopic (exact) mass is 451 g/mol. The maximum atomic E-state index is 13.1. The molecule has 4 rings (SSSR count). The van der Waals surface area contributed by atoms with E-state index in [4.69, 9.17) is 11.6 Å². The van der Waals surface area contributed by atoms with Gasteiger partial charge < -0.3 is 4.57 Å². The molecule has 0 spiro atoms. The van der Waals surface area contributed by atoms with Crippen LogP contribution >= 0.6 is 23.4 Å². The van der Waals surface area contributed by atoms with Crippen LogP contribution in [0, 0.1) is 0 Å². The molecule has 3 heterocycles. The summed E-state index contributed by atoms with van der Waals surface area (Å²) < 4.78 is 42.6. The Kier molecular flexibility index (Phi) is 5.27. The van der Waals surface area contributed by atoms with Gasteiger partial charge in [0.1, 0.15) is 11.4 Å². The van der Waals surface area contributed by atoms with Gasteiger partial charge in [-0.3, -0.25) is 4.68 Å². The molecule has 0 radical (unpaired) electrons. The van der Waals surface area contributed by atoms with Crippen molar-refractivity contribution in [2.24, 2.45) is 14.1 Å². The predicted molar refractivity (Wildman–Crippen MR) is 113 cm³/mol. The maximum absolute atomic E-state index is 13.1. The summed E-state index contributed by atoms with van der Waals surface area (Å²) in [6.07, 6.45) is -3.33. The Bertz CT molecular complexity index is 1250. The number of alkyl halides is 3. The molecule has 0 saturated carbocycles. The van der Waals surface area contributed by atoms with Crippen LogP contribution in [0.1, 0.15) is 12.6 Å². The zero-order chi connectivity index (χ0) is 21.6. The number of hydrogen-bond acceptors (Lipinski definition) is 4. The number of halogens is 4. The van der Waals surface area contributed by atoms with Crippen LogP contribution in [0.3, 0.4) is 0 Å². The number of hydrogen-bond donors (Lipinski definition) is 0. The van der Waals surface area contributed by atoms with Crippen LogP contribution < -0.4 is 0 Å². The summed E-state index contributed by atoms with van der Waals surface area (Å²) in [5.41, 5.74) is 2.13. The molecule has 3 aromatic heterocycles. The third-order valence-corrected chi connectivity index (χ3v) is 5.86. The van der Waals surface area contributed by atoms with E-state index in [9.17, 15) is 13.2 Å². The number of fused-ring (bicyclic) bond motifs is 1. The molecule has 5 nitrogen and oxygen atoms in total. The van der Waals surface area contributed by atoms with E-state index in [1.165, 1.54) is 6.20 Å². The lowest BCUT2D eigenvalue weighted by molar-refractivity contribution is -0.141. The number of imidazole rings is 1. The first kappa shape index (κ1) is 20.7. The fourth-order valence-electron chi connectivity index (χ4n) is 3.34. The zero-order valence-electron chi connectivity index (χ0n) is 16.3. The average Bonchev–Trinajstić information content (AvgIpc) is 3.18.